The fourth-order valence-corrected chi connectivity index (χ4v) is 1.05. The van der Waals surface area contributed by atoms with Crippen LogP contribution in [0.4, 0.5) is 0 Å². The van der Waals surface area contributed by atoms with Gasteiger partial charge in [0.2, 0.25) is 6.54 Å². The molecule has 0 N–H and O–H groups in total. The molecule has 2 nitrogen and oxygen atoms in total. The van der Waals surface area contributed by atoms with Gasteiger partial charge in [-0.15, -0.1) is 0 Å². The third-order valence-electron chi connectivity index (χ3n) is 1.57. The second-order valence-corrected chi connectivity index (χ2v) is 2.33. The van der Waals surface area contributed by atoms with Crippen molar-refractivity contribution < 1.29 is 4.74 Å². The van der Waals surface area contributed by atoms with Crippen molar-refractivity contribution >= 4 is 0 Å². The van der Waals surface area contributed by atoms with Crippen LogP contribution >= 0.6 is 0 Å². The first kappa shape index (κ1) is 6.57. The zero-order chi connectivity index (χ0) is 6.53. The Bertz CT molecular complexity index is 111. The SMILES string of the molecule is [C-]#[N+]CC1CCCCO1. The summed E-state index contributed by atoms with van der Waals surface area (Å²) >= 11 is 0. The maximum absolute atomic E-state index is 6.58. The van der Waals surface area contributed by atoms with Crippen molar-refractivity contribution in [3.8, 4) is 0 Å². The molecule has 0 saturated carbocycles. The molecule has 0 spiro atoms. The van der Waals surface area contributed by atoms with E-state index in [1.807, 2.05) is 0 Å². The van der Waals surface area contributed by atoms with Gasteiger partial charge < -0.3 is 9.58 Å². The molecule has 1 fully saturated rings. The Morgan fingerprint density at radius 2 is 2.44 bits per heavy atom. The van der Waals surface area contributed by atoms with Crippen molar-refractivity contribution in [3.05, 3.63) is 11.4 Å². The van der Waals surface area contributed by atoms with E-state index in [9.17, 15) is 0 Å². The van der Waals surface area contributed by atoms with Crippen LogP contribution in [0.1, 0.15) is 19.3 Å². The maximum atomic E-state index is 6.58. The molecule has 1 rings (SSSR count). The molecule has 1 heterocycles. The second-order valence-electron chi connectivity index (χ2n) is 2.33. The van der Waals surface area contributed by atoms with E-state index >= 15 is 0 Å². The molecule has 0 aliphatic carbocycles. The summed E-state index contributed by atoms with van der Waals surface area (Å²) in [7, 11) is 0. The van der Waals surface area contributed by atoms with E-state index in [0.29, 0.717) is 6.54 Å². The molecule has 1 unspecified atom stereocenters. The van der Waals surface area contributed by atoms with Crippen molar-refractivity contribution in [3.63, 3.8) is 0 Å². The number of hydrogen-bond acceptors (Lipinski definition) is 1. The van der Waals surface area contributed by atoms with Crippen molar-refractivity contribution in [2.75, 3.05) is 13.2 Å². The van der Waals surface area contributed by atoms with Crippen molar-refractivity contribution in [1.82, 2.24) is 0 Å². The lowest BCUT2D eigenvalue weighted by Gasteiger charge is -2.17. The van der Waals surface area contributed by atoms with E-state index < -0.39 is 0 Å². The molecular weight excluding hydrogens is 114 g/mol. The maximum Gasteiger partial charge on any atom is 0.240 e. The van der Waals surface area contributed by atoms with Crippen LogP contribution in [-0.4, -0.2) is 19.3 Å². The van der Waals surface area contributed by atoms with E-state index in [1.54, 1.807) is 0 Å². The normalized spacial score (nSPS) is 27.2. The minimum Gasteiger partial charge on any atom is -0.370 e. The highest BCUT2D eigenvalue weighted by molar-refractivity contribution is 4.72. The molecule has 1 atom stereocenters. The van der Waals surface area contributed by atoms with Gasteiger partial charge in [0.15, 0.2) is 0 Å². The Labute approximate surface area is 55.6 Å². The number of ether oxygens (including phenoxy) is 1. The molecule has 50 valence electrons. The van der Waals surface area contributed by atoms with Crippen LogP contribution in [0, 0.1) is 6.57 Å². The molecule has 1 aliphatic rings. The molecule has 0 aromatic carbocycles. The molecule has 1 saturated heterocycles. The van der Waals surface area contributed by atoms with Gasteiger partial charge in [-0.3, -0.25) is 0 Å². The lowest BCUT2D eigenvalue weighted by Crippen LogP contribution is -2.20. The van der Waals surface area contributed by atoms with E-state index in [1.165, 1.54) is 12.8 Å². The lowest BCUT2D eigenvalue weighted by atomic mass is 10.1. The summed E-state index contributed by atoms with van der Waals surface area (Å²) in [4.78, 5) is 3.28. The van der Waals surface area contributed by atoms with Gasteiger partial charge in [-0.1, -0.05) is 0 Å². The van der Waals surface area contributed by atoms with Crippen molar-refractivity contribution in [2.45, 2.75) is 25.4 Å². The molecule has 1 aliphatic heterocycles. The van der Waals surface area contributed by atoms with Gasteiger partial charge in [0.05, 0.1) is 0 Å². The van der Waals surface area contributed by atoms with Crippen LogP contribution < -0.4 is 0 Å². The predicted octanol–water partition coefficient (Wildman–Crippen LogP) is 1.47. The van der Waals surface area contributed by atoms with Crippen LogP contribution in [0.3, 0.4) is 0 Å². The Hall–Kier alpha value is -0.550. The molecule has 0 amide bonds. The molecule has 0 radical (unpaired) electrons. The summed E-state index contributed by atoms with van der Waals surface area (Å²) in [5.74, 6) is 0. The molecule has 2 heteroatoms. The van der Waals surface area contributed by atoms with E-state index in [0.717, 1.165) is 13.0 Å². The smallest absolute Gasteiger partial charge is 0.240 e. The standard InChI is InChI=1S/C7H11NO/c1-8-6-7-4-2-3-5-9-7/h7H,2-6H2. The first-order valence-corrected chi connectivity index (χ1v) is 3.38. The quantitative estimate of drug-likeness (QED) is 0.484. The fourth-order valence-electron chi connectivity index (χ4n) is 1.05. The molecular formula is C7H11NO. The first-order valence-electron chi connectivity index (χ1n) is 3.38. The van der Waals surface area contributed by atoms with E-state index in [4.69, 9.17) is 11.3 Å². The number of hydrogen-bond donors (Lipinski definition) is 0. The molecule has 9 heavy (non-hydrogen) atoms. The number of rotatable bonds is 1. The van der Waals surface area contributed by atoms with E-state index in [2.05, 4.69) is 4.85 Å². The minimum atomic E-state index is 0.247. The van der Waals surface area contributed by atoms with Crippen molar-refractivity contribution in [2.24, 2.45) is 0 Å². The highest BCUT2D eigenvalue weighted by atomic mass is 16.5. The first-order chi connectivity index (χ1) is 4.43. The van der Waals surface area contributed by atoms with Gasteiger partial charge in [0, 0.05) is 6.61 Å². The van der Waals surface area contributed by atoms with Gasteiger partial charge >= 0.3 is 0 Å². The fraction of sp³-hybridized carbons (Fsp3) is 0.857. The molecule has 0 bridgehead atoms. The van der Waals surface area contributed by atoms with Gasteiger partial charge in [0.25, 0.3) is 0 Å². The Kier molecular flexibility index (Phi) is 2.53. The Balaban J connectivity index is 2.17. The zero-order valence-corrected chi connectivity index (χ0v) is 5.47. The summed E-state index contributed by atoms with van der Waals surface area (Å²) in [5.41, 5.74) is 0. The zero-order valence-electron chi connectivity index (χ0n) is 5.47. The highest BCUT2D eigenvalue weighted by Gasteiger charge is 2.15. The van der Waals surface area contributed by atoms with Crippen LogP contribution in [0.25, 0.3) is 4.85 Å². The topological polar surface area (TPSA) is 13.6 Å². The Morgan fingerprint density at radius 1 is 1.56 bits per heavy atom. The monoisotopic (exact) mass is 125 g/mol. The summed E-state index contributed by atoms with van der Waals surface area (Å²) in [5, 5.41) is 0. The third-order valence-corrected chi connectivity index (χ3v) is 1.57. The summed E-state index contributed by atoms with van der Waals surface area (Å²) in [6.45, 7) is 8.00. The Morgan fingerprint density at radius 3 is 3.00 bits per heavy atom. The van der Waals surface area contributed by atoms with E-state index in [-0.39, 0.29) is 6.10 Å². The average Bonchev–Trinajstić information content (AvgIpc) is 1.91. The summed E-state index contributed by atoms with van der Waals surface area (Å²) in [6.07, 6.45) is 3.74. The highest BCUT2D eigenvalue weighted by Crippen LogP contribution is 2.12. The minimum absolute atomic E-state index is 0.247. The largest absolute Gasteiger partial charge is 0.370 e. The average molecular weight is 125 g/mol. The van der Waals surface area contributed by atoms with Crippen molar-refractivity contribution in [1.29, 1.82) is 0 Å². The molecule has 0 aromatic rings. The summed E-state index contributed by atoms with van der Waals surface area (Å²) in [6, 6.07) is 0. The van der Waals surface area contributed by atoms with Crippen LogP contribution in [0.15, 0.2) is 0 Å². The third kappa shape index (κ3) is 2.03. The van der Waals surface area contributed by atoms with Gasteiger partial charge in [-0.25, -0.2) is 6.57 Å². The lowest BCUT2D eigenvalue weighted by molar-refractivity contribution is 0.0267. The van der Waals surface area contributed by atoms with Gasteiger partial charge in [0.1, 0.15) is 6.10 Å². The van der Waals surface area contributed by atoms with Crippen LogP contribution in [0.2, 0.25) is 0 Å². The molecule has 0 aromatic heterocycles. The number of nitrogens with zero attached hydrogens (tertiary/aromatic N) is 1. The predicted molar refractivity (Wildman–Crippen MR) is 35.1 cm³/mol. The summed E-state index contributed by atoms with van der Waals surface area (Å²) < 4.78 is 5.30. The van der Waals surface area contributed by atoms with Gasteiger partial charge in [-0.2, -0.15) is 0 Å². The van der Waals surface area contributed by atoms with Crippen LogP contribution in [0.5, 0.6) is 0 Å². The van der Waals surface area contributed by atoms with Gasteiger partial charge in [-0.05, 0) is 19.3 Å². The van der Waals surface area contributed by atoms with Crippen LogP contribution in [-0.2, 0) is 4.74 Å². The second kappa shape index (κ2) is 3.47.